The summed E-state index contributed by atoms with van der Waals surface area (Å²) in [6.45, 7) is 0. The Morgan fingerprint density at radius 3 is 2.79 bits per heavy atom. The SMILES string of the molecule is COC(=O)C#Cc1ccccc1C=O. The lowest BCUT2D eigenvalue weighted by Crippen LogP contribution is -1.95. The van der Waals surface area contributed by atoms with E-state index < -0.39 is 5.97 Å². The normalized spacial score (nSPS) is 8.36. The Bertz CT molecular complexity index is 410. The van der Waals surface area contributed by atoms with Crippen LogP contribution in [0.4, 0.5) is 0 Å². The first-order valence-corrected chi connectivity index (χ1v) is 3.92. The molecule has 0 N–H and O–H groups in total. The van der Waals surface area contributed by atoms with Gasteiger partial charge in [0.2, 0.25) is 0 Å². The van der Waals surface area contributed by atoms with Gasteiger partial charge in [-0.25, -0.2) is 4.79 Å². The Labute approximate surface area is 81.7 Å². The number of carbonyl (C=O) groups is 2. The first kappa shape index (κ1) is 10.0. The fraction of sp³-hybridized carbons (Fsp3) is 0.0909. The maximum absolute atomic E-state index is 10.7. The van der Waals surface area contributed by atoms with Gasteiger partial charge < -0.3 is 4.74 Å². The number of hydrogen-bond donors (Lipinski definition) is 0. The van der Waals surface area contributed by atoms with Crippen LogP contribution in [0.5, 0.6) is 0 Å². The molecule has 0 amide bonds. The minimum Gasteiger partial charge on any atom is -0.459 e. The molecule has 0 spiro atoms. The molecule has 14 heavy (non-hydrogen) atoms. The molecule has 0 heterocycles. The highest BCUT2D eigenvalue weighted by atomic mass is 16.5. The van der Waals surface area contributed by atoms with E-state index in [-0.39, 0.29) is 0 Å². The Morgan fingerprint density at radius 1 is 1.43 bits per heavy atom. The number of rotatable bonds is 1. The Hall–Kier alpha value is -2.08. The van der Waals surface area contributed by atoms with Crippen LogP contribution in [-0.4, -0.2) is 19.4 Å². The van der Waals surface area contributed by atoms with Gasteiger partial charge >= 0.3 is 5.97 Å². The molecule has 70 valence electrons. The average Bonchev–Trinajstić information content (AvgIpc) is 2.26. The van der Waals surface area contributed by atoms with Gasteiger partial charge in [-0.05, 0) is 6.07 Å². The van der Waals surface area contributed by atoms with Gasteiger partial charge in [0.05, 0.1) is 7.11 Å². The molecule has 0 radical (unpaired) electrons. The fourth-order valence-electron chi connectivity index (χ4n) is 0.883. The van der Waals surface area contributed by atoms with E-state index in [4.69, 9.17) is 0 Å². The highest BCUT2D eigenvalue weighted by Gasteiger charge is 1.96. The summed E-state index contributed by atoms with van der Waals surface area (Å²) < 4.78 is 4.34. The first-order chi connectivity index (χ1) is 6.77. The van der Waals surface area contributed by atoms with Gasteiger partial charge in [-0.3, -0.25) is 4.79 Å². The first-order valence-electron chi connectivity index (χ1n) is 3.92. The number of esters is 1. The molecular formula is C11H8O3. The summed E-state index contributed by atoms with van der Waals surface area (Å²) in [4.78, 5) is 21.3. The topological polar surface area (TPSA) is 43.4 Å². The van der Waals surface area contributed by atoms with Gasteiger partial charge in [0, 0.05) is 17.0 Å². The minimum absolute atomic E-state index is 0.462. The monoisotopic (exact) mass is 188 g/mol. The van der Waals surface area contributed by atoms with Crippen molar-refractivity contribution < 1.29 is 14.3 Å². The van der Waals surface area contributed by atoms with Gasteiger partial charge in [-0.2, -0.15) is 0 Å². The lowest BCUT2D eigenvalue weighted by molar-refractivity contribution is -0.133. The third kappa shape index (κ3) is 2.46. The maximum atomic E-state index is 10.7. The average molecular weight is 188 g/mol. The Balaban J connectivity index is 2.99. The molecule has 0 atom stereocenters. The molecule has 1 aromatic rings. The van der Waals surface area contributed by atoms with Crippen LogP contribution in [0.15, 0.2) is 24.3 Å². The molecule has 0 saturated heterocycles. The van der Waals surface area contributed by atoms with Crippen LogP contribution < -0.4 is 0 Å². The summed E-state index contributed by atoms with van der Waals surface area (Å²) >= 11 is 0. The molecule has 0 fully saturated rings. The second kappa shape index (κ2) is 4.83. The number of aldehydes is 1. The van der Waals surface area contributed by atoms with Crippen molar-refractivity contribution in [3.63, 3.8) is 0 Å². The molecule has 0 aromatic heterocycles. The van der Waals surface area contributed by atoms with Crippen LogP contribution in [0.2, 0.25) is 0 Å². The van der Waals surface area contributed by atoms with E-state index in [1.807, 2.05) is 0 Å². The summed E-state index contributed by atoms with van der Waals surface area (Å²) in [5.41, 5.74) is 0.983. The third-order valence-corrected chi connectivity index (χ3v) is 1.57. The number of methoxy groups -OCH3 is 1. The zero-order valence-corrected chi connectivity index (χ0v) is 7.61. The highest BCUT2D eigenvalue weighted by Crippen LogP contribution is 2.03. The van der Waals surface area contributed by atoms with E-state index >= 15 is 0 Å². The summed E-state index contributed by atoms with van der Waals surface area (Å²) in [6, 6.07) is 6.77. The fourth-order valence-corrected chi connectivity index (χ4v) is 0.883. The third-order valence-electron chi connectivity index (χ3n) is 1.57. The van der Waals surface area contributed by atoms with Gasteiger partial charge in [-0.1, -0.05) is 24.1 Å². The summed E-state index contributed by atoms with van der Waals surface area (Å²) in [5.74, 6) is 4.19. The minimum atomic E-state index is -0.620. The zero-order valence-electron chi connectivity index (χ0n) is 7.61. The van der Waals surface area contributed by atoms with E-state index in [0.717, 1.165) is 0 Å². The lowest BCUT2D eigenvalue weighted by Gasteiger charge is -1.93. The van der Waals surface area contributed by atoms with Crippen molar-refractivity contribution in [3.05, 3.63) is 35.4 Å². The van der Waals surface area contributed by atoms with Crippen LogP contribution in [0.25, 0.3) is 0 Å². The van der Waals surface area contributed by atoms with Gasteiger partial charge in [0.1, 0.15) is 0 Å². The number of carbonyl (C=O) groups excluding carboxylic acids is 2. The van der Waals surface area contributed by atoms with Crippen molar-refractivity contribution in [2.45, 2.75) is 0 Å². The highest BCUT2D eigenvalue weighted by molar-refractivity contribution is 5.90. The standard InChI is InChI=1S/C11H8O3/c1-14-11(13)7-6-9-4-2-3-5-10(9)8-12/h2-5,8H,1H3. The molecule has 1 rings (SSSR count). The maximum Gasteiger partial charge on any atom is 0.384 e. The van der Waals surface area contributed by atoms with Crippen LogP contribution >= 0.6 is 0 Å². The Kier molecular flexibility index (Phi) is 3.45. The largest absolute Gasteiger partial charge is 0.459 e. The van der Waals surface area contributed by atoms with Crippen LogP contribution in [-0.2, 0) is 9.53 Å². The second-order valence-corrected chi connectivity index (χ2v) is 2.45. The molecular weight excluding hydrogens is 180 g/mol. The molecule has 0 saturated carbocycles. The zero-order chi connectivity index (χ0) is 10.4. The predicted octanol–water partition coefficient (Wildman–Crippen LogP) is 1.02. The van der Waals surface area contributed by atoms with Crippen LogP contribution in [0.3, 0.4) is 0 Å². The number of ether oxygens (including phenoxy) is 1. The smallest absolute Gasteiger partial charge is 0.384 e. The van der Waals surface area contributed by atoms with Crippen LogP contribution in [0.1, 0.15) is 15.9 Å². The van der Waals surface area contributed by atoms with E-state index in [1.54, 1.807) is 24.3 Å². The molecule has 0 aliphatic rings. The predicted molar refractivity (Wildman–Crippen MR) is 50.7 cm³/mol. The lowest BCUT2D eigenvalue weighted by atomic mass is 10.1. The van der Waals surface area contributed by atoms with Crippen molar-refractivity contribution >= 4 is 12.3 Å². The van der Waals surface area contributed by atoms with Crippen molar-refractivity contribution in [1.82, 2.24) is 0 Å². The summed E-state index contributed by atoms with van der Waals surface area (Å²) in [5, 5.41) is 0. The Morgan fingerprint density at radius 2 is 2.14 bits per heavy atom. The molecule has 0 aliphatic heterocycles. The molecule has 0 unspecified atom stereocenters. The van der Waals surface area contributed by atoms with Gasteiger partial charge in [0.25, 0.3) is 0 Å². The van der Waals surface area contributed by atoms with Crippen molar-refractivity contribution in [3.8, 4) is 11.8 Å². The van der Waals surface area contributed by atoms with E-state index in [2.05, 4.69) is 16.6 Å². The molecule has 0 aliphatic carbocycles. The summed E-state index contributed by atoms with van der Waals surface area (Å²) in [7, 11) is 1.25. The van der Waals surface area contributed by atoms with Crippen molar-refractivity contribution in [2.75, 3.05) is 7.11 Å². The number of hydrogen-bond acceptors (Lipinski definition) is 3. The van der Waals surface area contributed by atoms with Gasteiger partial charge in [-0.15, -0.1) is 0 Å². The second-order valence-electron chi connectivity index (χ2n) is 2.45. The van der Waals surface area contributed by atoms with Crippen LogP contribution in [0, 0.1) is 11.8 Å². The molecule has 1 aromatic carbocycles. The molecule has 3 heteroatoms. The molecule has 0 bridgehead atoms. The quantitative estimate of drug-likeness (QED) is 0.375. The summed E-state index contributed by atoms with van der Waals surface area (Å²) in [6.07, 6.45) is 0.696. The van der Waals surface area contributed by atoms with E-state index in [0.29, 0.717) is 17.4 Å². The number of benzene rings is 1. The molecule has 3 nitrogen and oxygen atoms in total. The van der Waals surface area contributed by atoms with Gasteiger partial charge in [0.15, 0.2) is 6.29 Å². The van der Waals surface area contributed by atoms with Crippen molar-refractivity contribution in [2.24, 2.45) is 0 Å². The van der Waals surface area contributed by atoms with E-state index in [9.17, 15) is 9.59 Å². The van der Waals surface area contributed by atoms with E-state index in [1.165, 1.54) is 7.11 Å². The van der Waals surface area contributed by atoms with Crippen molar-refractivity contribution in [1.29, 1.82) is 0 Å².